The molecule has 0 bridgehead atoms. The summed E-state index contributed by atoms with van der Waals surface area (Å²) in [5.74, 6) is -1.07. The van der Waals surface area contributed by atoms with Crippen molar-refractivity contribution in [3.63, 3.8) is 0 Å². The molecule has 3 heteroatoms. The van der Waals surface area contributed by atoms with Crippen molar-refractivity contribution in [1.29, 1.82) is 0 Å². The van der Waals surface area contributed by atoms with E-state index in [-0.39, 0.29) is 29.6 Å². The molecule has 0 heterocycles. The van der Waals surface area contributed by atoms with Gasteiger partial charge in [-0.25, -0.2) is 0 Å². The van der Waals surface area contributed by atoms with E-state index in [1.165, 1.54) is 57.4 Å². The molecule has 0 unspecified atom stereocenters. The molecule has 0 fully saturated rings. The summed E-state index contributed by atoms with van der Waals surface area (Å²) < 4.78 is 0. The van der Waals surface area contributed by atoms with Crippen molar-refractivity contribution in [2.24, 2.45) is 0 Å². The minimum Gasteiger partial charge on any atom is -0.545 e. The van der Waals surface area contributed by atoms with Crippen molar-refractivity contribution in [2.45, 2.75) is 78.1 Å². The van der Waals surface area contributed by atoms with Crippen LogP contribution in [-0.2, 0) is 4.79 Å². The Morgan fingerprint density at radius 1 is 0.944 bits per heavy atom. The summed E-state index contributed by atoms with van der Waals surface area (Å²) >= 11 is 0. The van der Waals surface area contributed by atoms with Gasteiger partial charge in [-0.05, 0) is 25.8 Å². The zero-order chi connectivity index (χ0) is 12.9. The fourth-order valence-corrected chi connectivity index (χ4v) is 1.99. The minimum absolute atomic E-state index is 0. The summed E-state index contributed by atoms with van der Waals surface area (Å²) in [5.41, 5.74) is 0.924. The third kappa shape index (κ3) is 16.2. The zero-order valence-electron chi connectivity index (χ0n) is 12.5. The third-order valence-corrected chi connectivity index (χ3v) is 3.04. The van der Waals surface area contributed by atoms with Gasteiger partial charge in [-0.1, -0.05) is 63.9 Å². The average molecular weight is 262 g/mol. The maximum absolute atomic E-state index is 10.3. The van der Waals surface area contributed by atoms with Crippen LogP contribution in [0.15, 0.2) is 11.6 Å². The predicted molar refractivity (Wildman–Crippen MR) is 70.6 cm³/mol. The first kappa shape index (κ1) is 20.5. The van der Waals surface area contributed by atoms with Crippen LogP contribution in [0.25, 0.3) is 0 Å². The molecule has 0 amide bonds. The van der Waals surface area contributed by atoms with Crippen LogP contribution in [0.1, 0.15) is 78.1 Å². The standard InChI is InChI=1S/C15H28O2.Na/c1-3-4-5-6-7-8-9-10-11-12-14(2)13-15(16)17;/h13H,3-12H2,1-2H3,(H,16,17);/q;+1/p-1/b14-13-;. The largest absolute Gasteiger partial charge is 1.00 e. The molecule has 0 radical (unpaired) electrons. The van der Waals surface area contributed by atoms with E-state index >= 15 is 0 Å². The minimum atomic E-state index is -1.07. The SMILES string of the molecule is CCCCCCCCCCC/C(C)=C\C(=O)[O-].[Na+]. The molecular formula is C15H27NaO2. The van der Waals surface area contributed by atoms with Crippen molar-refractivity contribution in [3.05, 3.63) is 11.6 Å². The molecule has 0 spiro atoms. The number of carbonyl (C=O) groups excluding carboxylic acids is 1. The number of carboxylic acid groups (broad SMARTS) is 1. The smallest absolute Gasteiger partial charge is 0.545 e. The zero-order valence-corrected chi connectivity index (χ0v) is 14.5. The van der Waals surface area contributed by atoms with Crippen molar-refractivity contribution < 1.29 is 39.5 Å². The van der Waals surface area contributed by atoms with Crippen LogP contribution < -0.4 is 34.7 Å². The summed E-state index contributed by atoms with van der Waals surface area (Å²) in [6.45, 7) is 4.10. The summed E-state index contributed by atoms with van der Waals surface area (Å²) in [5, 5.41) is 10.3. The number of unbranched alkanes of at least 4 members (excludes halogenated alkanes) is 8. The van der Waals surface area contributed by atoms with Crippen LogP contribution in [0.3, 0.4) is 0 Å². The van der Waals surface area contributed by atoms with Gasteiger partial charge in [-0.2, -0.15) is 0 Å². The summed E-state index contributed by atoms with van der Waals surface area (Å²) in [6.07, 6.45) is 13.8. The molecule has 2 nitrogen and oxygen atoms in total. The third-order valence-electron chi connectivity index (χ3n) is 3.04. The molecule has 100 valence electrons. The van der Waals surface area contributed by atoms with E-state index in [0.717, 1.165) is 18.4 Å². The number of aliphatic carboxylic acids is 1. The first-order valence-corrected chi connectivity index (χ1v) is 7.05. The van der Waals surface area contributed by atoms with Gasteiger partial charge in [0.25, 0.3) is 0 Å². The molecule has 0 aromatic carbocycles. The van der Waals surface area contributed by atoms with Gasteiger partial charge in [0.2, 0.25) is 0 Å². The molecule has 18 heavy (non-hydrogen) atoms. The topological polar surface area (TPSA) is 40.1 Å². The van der Waals surface area contributed by atoms with Crippen LogP contribution in [-0.4, -0.2) is 5.97 Å². The van der Waals surface area contributed by atoms with E-state index in [1.54, 1.807) is 0 Å². The van der Waals surface area contributed by atoms with Crippen LogP contribution in [0.4, 0.5) is 0 Å². The predicted octanol–water partition coefficient (Wildman–Crippen LogP) is 0.608. The number of rotatable bonds is 11. The van der Waals surface area contributed by atoms with E-state index in [4.69, 9.17) is 0 Å². The molecule has 0 aliphatic heterocycles. The van der Waals surface area contributed by atoms with Gasteiger partial charge in [0.05, 0.1) is 5.97 Å². The van der Waals surface area contributed by atoms with Crippen molar-refractivity contribution in [2.75, 3.05) is 0 Å². The number of carbonyl (C=O) groups is 1. The number of hydrogen-bond donors (Lipinski definition) is 0. The molecule has 0 aliphatic carbocycles. The van der Waals surface area contributed by atoms with Crippen LogP contribution >= 0.6 is 0 Å². The quantitative estimate of drug-likeness (QED) is 0.311. The summed E-state index contributed by atoms with van der Waals surface area (Å²) in [7, 11) is 0. The van der Waals surface area contributed by atoms with E-state index in [0.29, 0.717) is 0 Å². The average Bonchev–Trinajstić information content (AvgIpc) is 2.26. The van der Waals surface area contributed by atoms with Crippen LogP contribution in [0, 0.1) is 0 Å². The van der Waals surface area contributed by atoms with Gasteiger partial charge in [-0.15, -0.1) is 0 Å². The normalized spacial score (nSPS) is 11.1. The Morgan fingerprint density at radius 2 is 1.39 bits per heavy atom. The van der Waals surface area contributed by atoms with E-state index in [9.17, 15) is 9.90 Å². The number of allylic oxidation sites excluding steroid dienone is 1. The Kier molecular flexibility index (Phi) is 17.4. The molecule has 0 N–H and O–H groups in total. The fourth-order valence-electron chi connectivity index (χ4n) is 1.99. The Hall–Kier alpha value is 0.210. The van der Waals surface area contributed by atoms with Gasteiger partial charge < -0.3 is 9.90 Å². The first-order valence-electron chi connectivity index (χ1n) is 7.05. The second-order valence-corrected chi connectivity index (χ2v) is 4.89. The van der Waals surface area contributed by atoms with E-state index < -0.39 is 5.97 Å². The summed E-state index contributed by atoms with van der Waals surface area (Å²) in [6, 6.07) is 0. The molecule has 0 rings (SSSR count). The Labute approximate surface area is 135 Å². The van der Waals surface area contributed by atoms with Crippen molar-refractivity contribution in [1.82, 2.24) is 0 Å². The van der Waals surface area contributed by atoms with Gasteiger partial charge in [0.15, 0.2) is 0 Å². The van der Waals surface area contributed by atoms with Crippen LogP contribution in [0.2, 0.25) is 0 Å². The number of carboxylic acids is 1. The molecule has 0 aromatic heterocycles. The Morgan fingerprint density at radius 3 is 1.83 bits per heavy atom. The van der Waals surface area contributed by atoms with E-state index in [2.05, 4.69) is 6.92 Å². The second kappa shape index (κ2) is 15.3. The van der Waals surface area contributed by atoms with Gasteiger partial charge in [-0.3, -0.25) is 0 Å². The maximum atomic E-state index is 10.3. The molecular weight excluding hydrogens is 235 g/mol. The van der Waals surface area contributed by atoms with Crippen LogP contribution in [0.5, 0.6) is 0 Å². The van der Waals surface area contributed by atoms with E-state index in [1.807, 2.05) is 6.92 Å². The number of hydrogen-bond acceptors (Lipinski definition) is 2. The molecule has 0 aromatic rings. The van der Waals surface area contributed by atoms with Crippen molar-refractivity contribution in [3.8, 4) is 0 Å². The maximum Gasteiger partial charge on any atom is 1.00 e. The molecule has 0 saturated heterocycles. The Bertz CT molecular complexity index is 225. The molecule has 0 saturated carbocycles. The molecule has 0 atom stereocenters. The molecule has 0 aliphatic rings. The monoisotopic (exact) mass is 262 g/mol. The van der Waals surface area contributed by atoms with Gasteiger partial charge in [0.1, 0.15) is 0 Å². The van der Waals surface area contributed by atoms with Crippen molar-refractivity contribution >= 4 is 5.97 Å². The van der Waals surface area contributed by atoms with Gasteiger partial charge in [0, 0.05) is 0 Å². The summed E-state index contributed by atoms with van der Waals surface area (Å²) in [4.78, 5) is 10.3. The Balaban J connectivity index is 0. The van der Waals surface area contributed by atoms with Gasteiger partial charge >= 0.3 is 29.6 Å². The first-order chi connectivity index (χ1) is 8.16. The second-order valence-electron chi connectivity index (χ2n) is 4.89. The fraction of sp³-hybridized carbons (Fsp3) is 0.800.